The van der Waals surface area contributed by atoms with E-state index in [9.17, 15) is 0 Å². The summed E-state index contributed by atoms with van der Waals surface area (Å²) >= 11 is 0. The molecule has 0 heterocycles. The van der Waals surface area contributed by atoms with Crippen LogP contribution in [0.2, 0.25) is 0 Å². The second-order valence-corrected chi connectivity index (χ2v) is 5.39. The molecule has 0 aliphatic rings. The Morgan fingerprint density at radius 2 is 1.90 bits per heavy atom. The Morgan fingerprint density at radius 3 is 2.45 bits per heavy atom. The molecule has 3 heteroatoms. The molecule has 0 aliphatic heterocycles. The molecule has 0 aromatic heterocycles. The Kier molecular flexibility index (Phi) is 7.45. The van der Waals surface area contributed by atoms with Gasteiger partial charge in [-0.25, -0.2) is 0 Å². The lowest BCUT2D eigenvalue weighted by atomic mass is 10.0. The number of rotatable bonds is 9. The summed E-state index contributed by atoms with van der Waals surface area (Å²) in [6.45, 7) is 7.16. The fraction of sp³-hybridized carbons (Fsp3) is 0.647. The molecule has 0 spiro atoms. The molecule has 0 bridgehead atoms. The van der Waals surface area contributed by atoms with E-state index < -0.39 is 0 Å². The van der Waals surface area contributed by atoms with Gasteiger partial charge in [-0.2, -0.15) is 0 Å². The van der Waals surface area contributed by atoms with Gasteiger partial charge in [-0.05, 0) is 31.4 Å². The maximum Gasteiger partial charge on any atom is 0.127 e. The average molecular weight is 279 g/mol. The number of hydrogen-bond acceptors (Lipinski definition) is 3. The van der Waals surface area contributed by atoms with Gasteiger partial charge in [0, 0.05) is 6.04 Å². The molecule has 1 rings (SSSR count). The van der Waals surface area contributed by atoms with Crippen LogP contribution in [-0.4, -0.2) is 13.7 Å². The van der Waals surface area contributed by atoms with Crippen molar-refractivity contribution in [2.75, 3.05) is 13.7 Å². The number of unbranched alkanes of at least 4 members (excludes halogenated alkanes) is 1. The zero-order valence-corrected chi connectivity index (χ0v) is 13.3. The second kappa shape index (κ2) is 8.85. The van der Waals surface area contributed by atoms with Crippen LogP contribution in [0.5, 0.6) is 11.5 Å². The first-order valence-electron chi connectivity index (χ1n) is 7.69. The number of hydrogen-bond donors (Lipinski definition) is 1. The van der Waals surface area contributed by atoms with Gasteiger partial charge >= 0.3 is 0 Å². The highest BCUT2D eigenvalue weighted by Gasteiger charge is 2.15. The normalized spacial score (nSPS) is 13.8. The van der Waals surface area contributed by atoms with Crippen molar-refractivity contribution in [3.05, 3.63) is 23.8 Å². The molecule has 0 saturated carbocycles. The summed E-state index contributed by atoms with van der Waals surface area (Å²) in [5.74, 6) is 2.27. The molecular formula is C17H29NO2. The first-order chi connectivity index (χ1) is 9.63. The summed E-state index contributed by atoms with van der Waals surface area (Å²) in [5, 5.41) is 0. The first kappa shape index (κ1) is 16.8. The fourth-order valence-corrected chi connectivity index (χ4v) is 2.38. The summed E-state index contributed by atoms with van der Waals surface area (Å²) < 4.78 is 11.4. The predicted molar refractivity (Wildman–Crippen MR) is 84.4 cm³/mol. The quantitative estimate of drug-likeness (QED) is 0.732. The minimum atomic E-state index is -0.100. The van der Waals surface area contributed by atoms with Gasteiger partial charge in [0.15, 0.2) is 0 Å². The Morgan fingerprint density at radius 1 is 1.20 bits per heavy atom. The van der Waals surface area contributed by atoms with Crippen LogP contribution in [-0.2, 0) is 0 Å². The Bertz CT molecular complexity index is 391. The summed E-state index contributed by atoms with van der Waals surface area (Å²) in [4.78, 5) is 0. The van der Waals surface area contributed by atoms with Crippen LogP contribution < -0.4 is 15.2 Å². The molecule has 0 radical (unpaired) electrons. The smallest absolute Gasteiger partial charge is 0.127 e. The fourth-order valence-electron chi connectivity index (χ4n) is 2.38. The van der Waals surface area contributed by atoms with Crippen molar-refractivity contribution in [3.8, 4) is 11.5 Å². The third kappa shape index (κ3) is 4.71. The van der Waals surface area contributed by atoms with Crippen LogP contribution in [0.25, 0.3) is 0 Å². The van der Waals surface area contributed by atoms with Crippen molar-refractivity contribution in [2.45, 2.75) is 52.5 Å². The van der Waals surface area contributed by atoms with Gasteiger partial charge in [-0.3, -0.25) is 0 Å². The van der Waals surface area contributed by atoms with Crippen LogP contribution in [0, 0.1) is 5.92 Å². The molecule has 0 fully saturated rings. The Balaban J connectivity index is 2.76. The van der Waals surface area contributed by atoms with Crippen LogP contribution in [0.4, 0.5) is 0 Å². The lowest BCUT2D eigenvalue weighted by molar-refractivity contribution is 0.229. The van der Waals surface area contributed by atoms with Crippen LogP contribution in [0.15, 0.2) is 18.2 Å². The van der Waals surface area contributed by atoms with E-state index >= 15 is 0 Å². The van der Waals surface area contributed by atoms with Crippen LogP contribution >= 0.6 is 0 Å². The molecule has 2 atom stereocenters. The van der Waals surface area contributed by atoms with Gasteiger partial charge in [-0.15, -0.1) is 0 Å². The molecule has 0 aliphatic carbocycles. The minimum Gasteiger partial charge on any atom is -0.496 e. The van der Waals surface area contributed by atoms with E-state index in [-0.39, 0.29) is 6.04 Å². The lowest BCUT2D eigenvalue weighted by Crippen LogP contribution is -2.14. The lowest BCUT2D eigenvalue weighted by Gasteiger charge is -2.20. The summed E-state index contributed by atoms with van der Waals surface area (Å²) in [6.07, 6.45) is 4.88. The Labute approximate surface area is 123 Å². The SMILES string of the molecule is CCCCC(CC)COc1cccc(OC)c1[C@@H](C)N. The summed E-state index contributed by atoms with van der Waals surface area (Å²) in [7, 11) is 1.67. The van der Waals surface area contributed by atoms with Crippen LogP contribution in [0.3, 0.4) is 0 Å². The Hall–Kier alpha value is -1.22. The van der Waals surface area contributed by atoms with Gasteiger partial charge in [0.25, 0.3) is 0 Å². The van der Waals surface area contributed by atoms with Crippen molar-refractivity contribution < 1.29 is 9.47 Å². The highest BCUT2D eigenvalue weighted by atomic mass is 16.5. The zero-order valence-electron chi connectivity index (χ0n) is 13.3. The van der Waals surface area contributed by atoms with E-state index in [1.54, 1.807) is 7.11 Å². The molecule has 0 amide bonds. The van der Waals surface area contributed by atoms with Gasteiger partial charge < -0.3 is 15.2 Å². The van der Waals surface area contributed by atoms with Crippen molar-refractivity contribution in [2.24, 2.45) is 11.7 Å². The molecular weight excluding hydrogens is 250 g/mol. The molecule has 20 heavy (non-hydrogen) atoms. The molecule has 0 saturated heterocycles. The summed E-state index contributed by atoms with van der Waals surface area (Å²) in [5.41, 5.74) is 7.01. The third-order valence-electron chi connectivity index (χ3n) is 3.72. The van der Waals surface area contributed by atoms with E-state index in [4.69, 9.17) is 15.2 Å². The monoisotopic (exact) mass is 279 g/mol. The van der Waals surface area contributed by atoms with Crippen molar-refractivity contribution in [3.63, 3.8) is 0 Å². The van der Waals surface area contributed by atoms with E-state index in [1.165, 1.54) is 19.3 Å². The first-order valence-corrected chi connectivity index (χ1v) is 7.69. The maximum atomic E-state index is 6.05. The maximum absolute atomic E-state index is 6.05. The largest absolute Gasteiger partial charge is 0.496 e. The van der Waals surface area contributed by atoms with E-state index in [0.717, 1.165) is 30.1 Å². The van der Waals surface area contributed by atoms with Crippen LogP contribution in [0.1, 0.15) is 58.1 Å². The molecule has 1 unspecified atom stereocenters. The zero-order chi connectivity index (χ0) is 15.0. The second-order valence-electron chi connectivity index (χ2n) is 5.39. The molecule has 1 aromatic rings. The third-order valence-corrected chi connectivity index (χ3v) is 3.72. The number of ether oxygens (including phenoxy) is 2. The molecule has 114 valence electrons. The van der Waals surface area contributed by atoms with E-state index in [2.05, 4.69) is 13.8 Å². The molecule has 2 N–H and O–H groups in total. The number of methoxy groups -OCH3 is 1. The van der Waals surface area contributed by atoms with Gasteiger partial charge in [0.2, 0.25) is 0 Å². The van der Waals surface area contributed by atoms with Crippen molar-refractivity contribution in [1.82, 2.24) is 0 Å². The molecule has 3 nitrogen and oxygen atoms in total. The standard InChI is InChI=1S/C17H29NO2/c1-5-7-9-14(6-2)12-20-16-11-8-10-15(19-4)17(16)13(3)18/h8,10-11,13-14H,5-7,9,12,18H2,1-4H3/t13-,14?/m1/s1. The van der Waals surface area contributed by atoms with Crippen molar-refractivity contribution in [1.29, 1.82) is 0 Å². The average Bonchev–Trinajstić information content (AvgIpc) is 2.46. The van der Waals surface area contributed by atoms with Crippen molar-refractivity contribution >= 4 is 0 Å². The number of nitrogens with two attached hydrogens (primary N) is 1. The van der Waals surface area contributed by atoms with E-state index in [0.29, 0.717) is 5.92 Å². The highest BCUT2D eigenvalue weighted by Crippen LogP contribution is 2.33. The van der Waals surface area contributed by atoms with E-state index in [1.807, 2.05) is 25.1 Å². The minimum absolute atomic E-state index is 0.100. The molecule has 1 aromatic carbocycles. The predicted octanol–water partition coefficient (Wildman–Crippen LogP) is 4.31. The topological polar surface area (TPSA) is 44.5 Å². The summed E-state index contributed by atoms with van der Waals surface area (Å²) in [6, 6.07) is 5.76. The number of benzene rings is 1. The highest BCUT2D eigenvalue weighted by molar-refractivity contribution is 5.46. The van der Waals surface area contributed by atoms with Gasteiger partial charge in [-0.1, -0.05) is 39.2 Å². The van der Waals surface area contributed by atoms with Gasteiger partial charge in [0.05, 0.1) is 19.3 Å². The van der Waals surface area contributed by atoms with Gasteiger partial charge in [0.1, 0.15) is 11.5 Å².